The molecule has 1 heterocycles. The maximum atomic E-state index is 12.0. The molecule has 0 saturated carbocycles. The molecule has 1 unspecified atom stereocenters. The number of rotatable bonds is 4. The van der Waals surface area contributed by atoms with Crippen molar-refractivity contribution >= 4 is 5.91 Å². The molecule has 5 nitrogen and oxygen atoms in total. The lowest BCUT2D eigenvalue weighted by Gasteiger charge is -2.30. The molecule has 21 heavy (non-hydrogen) atoms. The van der Waals surface area contributed by atoms with Crippen molar-refractivity contribution in [1.29, 1.82) is 0 Å². The molecule has 1 radical (unpaired) electrons. The molecule has 0 bridgehead atoms. The summed E-state index contributed by atoms with van der Waals surface area (Å²) >= 11 is 0. The van der Waals surface area contributed by atoms with Crippen LogP contribution < -0.4 is 5.17 Å². The van der Waals surface area contributed by atoms with Gasteiger partial charge in [-0.25, -0.2) is 5.01 Å². The lowest BCUT2D eigenvalue weighted by atomic mass is 10.2. The third-order valence-corrected chi connectivity index (χ3v) is 3.40. The Kier molecular flexibility index (Phi) is 3.96. The Morgan fingerprint density at radius 3 is 1.95 bits per heavy atom. The van der Waals surface area contributed by atoms with Crippen LogP contribution in [0, 0.1) is 11.8 Å². The summed E-state index contributed by atoms with van der Waals surface area (Å²) < 4.78 is 0. The first-order valence-corrected chi connectivity index (χ1v) is 6.79. The second-order valence-corrected chi connectivity index (χ2v) is 4.91. The topological polar surface area (TPSA) is 51.1 Å². The van der Waals surface area contributed by atoms with E-state index in [1.165, 1.54) is 10.1 Å². The molecular weight excluding hydrogens is 266 g/mol. The fourth-order valence-electron chi connectivity index (χ4n) is 2.33. The minimum absolute atomic E-state index is 0.264. The smallest absolute Gasteiger partial charge is 0.308 e. The first kappa shape index (κ1) is 13.8. The molecule has 1 N–H and O–H groups in total. The SMILES string of the molecule is O=C1[CH][NH+]([O-])N(Cc2ccccc2)N1Cc1ccccc1. The minimum Gasteiger partial charge on any atom is -0.611 e. The molecule has 107 valence electrons. The largest absolute Gasteiger partial charge is 0.611 e. The molecule has 2 aromatic carbocycles. The highest BCUT2D eigenvalue weighted by Gasteiger charge is 2.37. The standard InChI is InChI=1S/C16H16N3O2/c20-16-13-19(21)18(12-15-9-5-2-6-10-15)17(16)11-14-7-3-1-4-8-14/h1-10,13,19H,11-12H2. The number of carbonyl (C=O) groups excluding carboxylic acids is 1. The highest BCUT2D eigenvalue weighted by Crippen LogP contribution is 2.12. The molecule has 1 fully saturated rings. The van der Waals surface area contributed by atoms with Crippen LogP contribution in [-0.2, 0) is 17.9 Å². The van der Waals surface area contributed by atoms with Crippen molar-refractivity contribution in [3.05, 3.63) is 83.5 Å². The van der Waals surface area contributed by atoms with Crippen LogP contribution in [0.1, 0.15) is 11.1 Å². The van der Waals surface area contributed by atoms with Crippen molar-refractivity contribution in [1.82, 2.24) is 10.1 Å². The van der Waals surface area contributed by atoms with Gasteiger partial charge in [-0.2, -0.15) is 0 Å². The molecular formula is C16H16N3O2. The summed E-state index contributed by atoms with van der Waals surface area (Å²) in [5.41, 5.74) is 1.99. The summed E-state index contributed by atoms with van der Waals surface area (Å²) in [5, 5.41) is 14.7. The van der Waals surface area contributed by atoms with Gasteiger partial charge in [0.1, 0.15) is 0 Å². The third-order valence-electron chi connectivity index (χ3n) is 3.40. The van der Waals surface area contributed by atoms with Gasteiger partial charge in [-0.3, -0.25) is 9.97 Å². The first-order chi connectivity index (χ1) is 10.2. The monoisotopic (exact) mass is 282 g/mol. The van der Waals surface area contributed by atoms with Crippen LogP contribution in [0.4, 0.5) is 0 Å². The predicted molar refractivity (Wildman–Crippen MR) is 77.6 cm³/mol. The lowest BCUT2D eigenvalue weighted by Crippen LogP contribution is -3.09. The number of hydrazine groups is 1. The summed E-state index contributed by atoms with van der Waals surface area (Å²) in [6, 6.07) is 19.3. The summed E-state index contributed by atoms with van der Waals surface area (Å²) in [4.78, 5) is 12.0. The highest BCUT2D eigenvalue weighted by molar-refractivity contribution is 5.83. The second kappa shape index (κ2) is 6.05. The molecule has 1 saturated heterocycles. The van der Waals surface area contributed by atoms with Crippen molar-refractivity contribution in [2.45, 2.75) is 13.1 Å². The molecule has 0 aliphatic carbocycles. The molecule has 1 aliphatic heterocycles. The summed E-state index contributed by atoms with van der Waals surface area (Å²) in [6.07, 6.45) is 0. The van der Waals surface area contributed by atoms with Gasteiger partial charge in [0.25, 0.3) is 6.54 Å². The average molecular weight is 282 g/mol. The van der Waals surface area contributed by atoms with E-state index in [2.05, 4.69) is 0 Å². The maximum absolute atomic E-state index is 12.0. The fourth-order valence-corrected chi connectivity index (χ4v) is 2.33. The van der Waals surface area contributed by atoms with E-state index in [-0.39, 0.29) is 11.1 Å². The Bertz CT molecular complexity index is 603. The van der Waals surface area contributed by atoms with Gasteiger partial charge in [0.05, 0.1) is 13.1 Å². The molecule has 5 heteroatoms. The third kappa shape index (κ3) is 3.11. The molecule has 1 aliphatic rings. The number of nitrogens with zero attached hydrogens (tertiary/aromatic N) is 2. The number of quaternary nitrogens is 1. The Morgan fingerprint density at radius 1 is 0.857 bits per heavy atom. The predicted octanol–water partition coefficient (Wildman–Crippen LogP) is 0.905. The first-order valence-electron chi connectivity index (χ1n) is 6.79. The zero-order valence-electron chi connectivity index (χ0n) is 11.5. The van der Waals surface area contributed by atoms with Crippen LogP contribution in [0.5, 0.6) is 0 Å². The number of hydrogen-bond acceptors (Lipinski definition) is 3. The molecule has 2 aromatic rings. The summed E-state index contributed by atoms with van der Waals surface area (Å²) in [5.74, 6) is -0.264. The number of benzene rings is 2. The molecule has 0 aromatic heterocycles. The molecule has 1 amide bonds. The Morgan fingerprint density at radius 2 is 1.38 bits per heavy atom. The van der Waals surface area contributed by atoms with Crippen LogP contribution in [-0.4, -0.2) is 16.0 Å². The van der Waals surface area contributed by atoms with Gasteiger partial charge in [0.2, 0.25) is 0 Å². The van der Waals surface area contributed by atoms with E-state index in [0.717, 1.165) is 17.7 Å². The number of carbonyl (C=O) groups is 1. The van der Waals surface area contributed by atoms with Gasteiger partial charge in [0.15, 0.2) is 0 Å². The molecule has 1 atom stereocenters. The van der Waals surface area contributed by atoms with E-state index in [0.29, 0.717) is 13.1 Å². The number of nitrogens with one attached hydrogen (secondary N) is 1. The highest BCUT2D eigenvalue weighted by atomic mass is 16.6. The van der Waals surface area contributed by atoms with Crippen molar-refractivity contribution in [2.75, 3.05) is 0 Å². The van der Waals surface area contributed by atoms with Crippen molar-refractivity contribution in [2.24, 2.45) is 0 Å². The van der Waals surface area contributed by atoms with Crippen LogP contribution in [0.2, 0.25) is 0 Å². The van der Waals surface area contributed by atoms with Crippen molar-refractivity contribution in [3.8, 4) is 0 Å². The number of hydroxylamine groups is 1. The summed E-state index contributed by atoms with van der Waals surface area (Å²) in [7, 11) is 0. The molecule has 0 spiro atoms. The van der Waals surface area contributed by atoms with Gasteiger partial charge >= 0.3 is 5.91 Å². The number of amides is 1. The Hall–Kier alpha value is -2.21. The normalized spacial score (nSPS) is 19.2. The fraction of sp³-hybridized carbons (Fsp3) is 0.125. The van der Waals surface area contributed by atoms with Gasteiger partial charge < -0.3 is 5.21 Å². The number of hydrogen-bond donors (Lipinski definition) is 1. The molecule has 3 rings (SSSR count). The van der Waals surface area contributed by atoms with Gasteiger partial charge in [-0.05, 0) is 11.1 Å². The minimum atomic E-state index is -0.264. The maximum Gasteiger partial charge on any atom is 0.308 e. The van der Waals surface area contributed by atoms with Crippen molar-refractivity contribution < 1.29 is 9.97 Å². The Labute approximate surface area is 123 Å². The van der Waals surface area contributed by atoms with Crippen LogP contribution >= 0.6 is 0 Å². The average Bonchev–Trinajstić information content (AvgIpc) is 2.76. The summed E-state index contributed by atoms with van der Waals surface area (Å²) in [6.45, 7) is 1.94. The zero-order chi connectivity index (χ0) is 14.7. The van der Waals surface area contributed by atoms with Crippen LogP contribution in [0.25, 0.3) is 0 Å². The second-order valence-electron chi connectivity index (χ2n) is 4.91. The van der Waals surface area contributed by atoms with Gasteiger partial charge in [0, 0.05) is 0 Å². The van der Waals surface area contributed by atoms with Gasteiger partial charge in [-0.1, -0.05) is 65.8 Å². The van der Waals surface area contributed by atoms with E-state index < -0.39 is 0 Å². The van der Waals surface area contributed by atoms with E-state index in [9.17, 15) is 10.0 Å². The van der Waals surface area contributed by atoms with E-state index in [1.54, 1.807) is 0 Å². The van der Waals surface area contributed by atoms with Gasteiger partial charge in [-0.15, -0.1) is 0 Å². The zero-order valence-corrected chi connectivity index (χ0v) is 11.5. The van der Waals surface area contributed by atoms with Crippen LogP contribution in [0.3, 0.4) is 0 Å². The Balaban J connectivity index is 1.78. The van der Waals surface area contributed by atoms with E-state index in [1.807, 2.05) is 60.7 Å². The van der Waals surface area contributed by atoms with E-state index in [4.69, 9.17) is 0 Å². The van der Waals surface area contributed by atoms with Crippen molar-refractivity contribution in [3.63, 3.8) is 0 Å². The van der Waals surface area contributed by atoms with E-state index >= 15 is 0 Å². The van der Waals surface area contributed by atoms with Crippen LogP contribution in [0.15, 0.2) is 60.7 Å². The lowest BCUT2D eigenvalue weighted by molar-refractivity contribution is -0.952. The quantitative estimate of drug-likeness (QED) is 0.848.